The van der Waals surface area contributed by atoms with Crippen molar-refractivity contribution in [2.24, 2.45) is 0 Å². The van der Waals surface area contributed by atoms with Crippen molar-refractivity contribution in [2.75, 3.05) is 5.32 Å². The second-order valence-corrected chi connectivity index (χ2v) is 5.12. The van der Waals surface area contributed by atoms with Gasteiger partial charge in [-0.3, -0.25) is 4.79 Å². The van der Waals surface area contributed by atoms with Crippen LogP contribution in [0.15, 0.2) is 54.6 Å². The second kappa shape index (κ2) is 8.41. The van der Waals surface area contributed by atoms with Crippen molar-refractivity contribution in [2.45, 2.75) is 13.0 Å². The summed E-state index contributed by atoms with van der Waals surface area (Å²) in [4.78, 5) is 23.8. The number of esters is 1. The molecule has 1 atom stereocenters. The van der Waals surface area contributed by atoms with E-state index < -0.39 is 23.8 Å². The summed E-state index contributed by atoms with van der Waals surface area (Å²) in [5.41, 5.74) is 1.06. The summed E-state index contributed by atoms with van der Waals surface area (Å²) in [6, 6.07) is 14.3. The number of halogens is 1. The van der Waals surface area contributed by atoms with Crippen LogP contribution in [0.4, 0.5) is 10.1 Å². The molecule has 0 saturated carbocycles. The fourth-order valence-electron chi connectivity index (χ4n) is 1.95. The zero-order chi connectivity index (χ0) is 18.2. The lowest BCUT2D eigenvalue weighted by Gasteiger charge is -2.12. The number of nitrogens with one attached hydrogen (secondary N) is 1. The molecule has 2 aromatic rings. The van der Waals surface area contributed by atoms with Crippen molar-refractivity contribution in [1.82, 2.24) is 0 Å². The molecule has 0 aromatic heterocycles. The van der Waals surface area contributed by atoms with Crippen molar-refractivity contribution in [3.63, 3.8) is 0 Å². The number of carbonyl (C=O) groups is 2. The first-order valence-electron chi connectivity index (χ1n) is 7.44. The highest BCUT2D eigenvalue weighted by atomic mass is 19.1. The Morgan fingerprint density at radius 2 is 2.00 bits per heavy atom. The Bertz CT molecular complexity index is 856. The molecule has 25 heavy (non-hydrogen) atoms. The molecule has 2 aromatic carbocycles. The van der Waals surface area contributed by atoms with E-state index in [9.17, 15) is 14.0 Å². The average Bonchev–Trinajstić information content (AvgIpc) is 2.61. The Hall–Kier alpha value is -3.46. The molecule has 0 unspecified atom stereocenters. The van der Waals surface area contributed by atoms with E-state index in [1.54, 1.807) is 30.3 Å². The van der Waals surface area contributed by atoms with Gasteiger partial charge in [0.05, 0.1) is 11.6 Å². The summed E-state index contributed by atoms with van der Waals surface area (Å²) in [5.74, 6) is -1.77. The van der Waals surface area contributed by atoms with Crippen LogP contribution in [0.1, 0.15) is 18.1 Å². The van der Waals surface area contributed by atoms with Crippen molar-refractivity contribution in [3.8, 4) is 6.07 Å². The van der Waals surface area contributed by atoms with Gasteiger partial charge in [0.1, 0.15) is 5.82 Å². The summed E-state index contributed by atoms with van der Waals surface area (Å²) in [6.45, 7) is 1.41. The summed E-state index contributed by atoms with van der Waals surface area (Å²) in [7, 11) is 0. The smallest absolute Gasteiger partial charge is 0.331 e. The Labute approximate surface area is 144 Å². The van der Waals surface area contributed by atoms with E-state index in [0.29, 0.717) is 11.3 Å². The minimum absolute atomic E-state index is 0.241. The van der Waals surface area contributed by atoms with E-state index in [4.69, 9.17) is 10.00 Å². The van der Waals surface area contributed by atoms with Crippen LogP contribution in [0.25, 0.3) is 6.08 Å². The molecule has 0 heterocycles. The summed E-state index contributed by atoms with van der Waals surface area (Å²) >= 11 is 0. The molecule has 0 fully saturated rings. The molecule has 1 amide bonds. The van der Waals surface area contributed by atoms with E-state index in [1.165, 1.54) is 31.2 Å². The van der Waals surface area contributed by atoms with Crippen LogP contribution in [-0.2, 0) is 14.3 Å². The summed E-state index contributed by atoms with van der Waals surface area (Å²) in [5, 5.41) is 11.4. The normalized spacial score (nSPS) is 11.6. The maximum Gasteiger partial charge on any atom is 0.331 e. The molecule has 0 aliphatic rings. The highest BCUT2D eigenvalue weighted by Crippen LogP contribution is 2.11. The van der Waals surface area contributed by atoms with Gasteiger partial charge in [-0.25, -0.2) is 9.18 Å². The molecule has 0 radical (unpaired) electrons. The van der Waals surface area contributed by atoms with Gasteiger partial charge in [0, 0.05) is 17.3 Å². The minimum atomic E-state index is -1.05. The fraction of sp³-hybridized carbons (Fsp3) is 0.105. The highest BCUT2D eigenvalue weighted by molar-refractivity contribution is 5.96. The van der Waals surface area contributed by atoms with Crippen LogP contribution in [0.5, 0.6) is 0 Å². The maximum absolute atomic E-state index is 13.4. The van der Waals surface area contributed by atoms with Crippen molar-refractivity contribution in [1.29, 1.82) is 5.26 Å². The van der Waals surface area contributed by atoms with Crippen molar-refractivity contribution in [3.05, 3.63) is 71.6 Å². The van der Waals surface area contributed by atoms with Gasteiger partial charge in [-0.1, -0.05) is 24.3 Å². The minimum Gasteiger partial charge on any atom is -0.449 e. The molecule has 0 saturated heterocycles. The second-order valence-electron chi connectivity index (χ2n) is 5.12. The number of rotatable bonds is 5. The third kappa shape index (κ3) is 5.29. The van der Waals surface area contributed by atoms with E-state index in [2.05, 4.69) is 5.32 Å². The van der Waals surface area contributed by atoms with Crippen LogP contribution in [0.2, 0.25) is 0 Å². The first-order valence-corrected chi connectivity index (χ1v) is 7.44. The molecule has 1 N–H and O–H groups in total. The number of hydrogen-bond donors (Lipinski definition) is 1. The van der Waals surface area contributed by atoms with E-state index >= 15 is 0 Å². The van der Waals surface area contributed by atoms with Gasteiger partial charge in [0.25, 0.3) is 5.91 Å². The molecule has 0 bridgehead atoms. The van der Waals surface area contributed by atoms with Crippen LogP contribution in [0.3, 0.4) is 0 Å². The average molecular weight is 338 g/mol. The molecule has 5 nitrogen and oxygen atoms in total. The topological polar surface area (TPSA) is 79.2 Å². The number of hydrogen-bond acceptors (Lipinski definition) is 4. The fourth-order valence-corrected chi connectivity index (χ4v) is 1.95. The number of anilines is 1. The van der Waals surface area contributed by atoms with Gasteiger partial charge >= 0.3 is 5.97 Å². The van der Waals surface area contributed by atoms with E-state index in [-0.39, 0.29) is 5.56 Å². The lowest BCUT2D eigenvalue weighted by atomic mass is 10.2. The van der Waals surface area contributed by atoms with Gasteiger partial charge in [-0.05, 0) is 37.3 Å². The van der Waals surface area contributed by atoms with Crippen molar-refractivity contribution < 1.29 is 18.7 Å². The Morgan fingerprint density at radius 3 is 2.72 bits per heavy atom. The molecule has 0 spiro atoms. The molecule has 0 aliphatic heterocycles. The first kappa shape index (κ1) is 17.9. The van der Waals surface area contributed by atoms with Gasteiger partial charge in [0.15, 0.2) is 6.10 Å². The number of ether oxygens (including phenoxy) is 1. The van der Waals surface area contributed by atoms with E-state index in [0.717, 1.165) is 6.08 Å². The molecule has 2 rings (SSSR count). The standard InChI is InChI=1S/C19H15FN2O3/c1-13(19(24)22-16-7-4-5-14(11-16)12-21)25-18(23)10-9-15-6-2-3-8-17(15)20/h2-11,13H,1H3,(H,22,24)/b10-9+/t13-/m1/s1. The quantitative estimate of drug-likeness (QED) is 0.670. The lowest BCUT2D eigenvalue weighted by Crippen LogP contribution is -2.29. The zero-order valence-electron chi connectivity index (χ0n) is 13.4. The Kier molecular flexibility index (Phi) is 6.02. The molecular weight excluding hydrogens is 323 g/mol. The number of benzene rings is 2. The predicted molar refractivity (Wildman–Crippen MR) is 90.8 cm³/mol. The monoisotopic (exact) mass is 338 g/mol. The molecular formula is C19H15FN2O3. The lowest BCUT2D eigenvalue weighted by molar-refractivity contribution is -0.148. The van der Waals surface area contributed by atoms with Gasteiger partial charge < -0.3 is 10.1 Å². The summed E-state index contributed by atoms with van der Waals surface area (Å²) in [6.07, 6.45) is 1.28. The molecule has 126 valence electrons. The predicted octanol–water partition coefficient (Wildman–Crippen LogP) is 3.28. The van der Waals surface area contributed by atoms with Crippen LogP contribution >= 0.6 is 0 Å². The number of nitriles is 1. The number of carbonyl (C=O) groups excluding carboxylic acids is 2. The number of amides is 1. The first-order chi connectivity index (χ1) is 12.0. The third-order valence-electron chi connectivity index (χ3n) is 3.23. The van der Waals surface area contributed by atoms with Crippen LogP contribution < -0.4 is 5.32 Å². The number of nitrogens with zero attached hydrogens (tertiary/aromatic N) is 1. The van der Waals surface area contributed by atoms with Crippen LogP contribution in [0, 0.1) is 17.1 Å². The van der Waals surface area contributed by atoms with E-state index in [1.807, 2.05) is 6.07 Å². The third-order valence-corrected chi connectivity index (χ3v) is 3.23. The van der Waals surface area contributed by atoms with Gasteiger partial charge in [-0.15, -0.1) is 0 Å². The van der Waals surface area contributed by atoms with Crippen LogP contribution in [-0.4, -0.2) is 18.0 Å². The van der Waals surface area contributed by atoms with Crippen molar-refractivity contribution >= 4 is 23.6 Å². The maximum atomic E-state index is 13.4. The zero-order valence-corrected chi connectivity index (χ0v) is 13.4. The van der Waals surface area contributed by atoms with Gasteiger partial charge in [0.2, 0.25) is 0 Å². The molecule has 6 heteroatoms. The Balaban J connectivity index is 1.93. The molecule has 0 aliphatic carbocycles. The largest absolute Gasteiger partial charge is 0.449 e. The highest BCUT2D eigenvalue weighted by Gasteiger charge is 2.16. The summed E-state index contributed by atoms with van der Waals surface area (Å²) < 4.78 is 18.4. The SMILES string of the molecule is C[C@@H](OC(=O)/C=C/c1ccccc1F)C(=O)Nc1cccc(C#N)c1. The van der Waals surface area contributed by atoms with Gasteiger partial charge in [-0.2, -0.15) is 5.26 Å². The Morgan fingerprint density at radius 1 is 1.24 bits per heavy atom.